The van der Waals surface area contributed by atoms with Gasteiger partial charge in [0, 0.05) is 32.6 Å². The number of halogens is 1. The van der Waals surface area contributed by atoms with Crippen LogP contribution in [-0.2, 0) is 4.74 Å². The molecule has 0 radical (unpaired) electrons. The van der Waals surface area contributed by atoms with Crippen molar-refractivity contribution in [2.75, 3.05) is 20.2 Å². The Morgan fingerprint density at radius 3 is 3.18 bits per heavy atom. The van der Waals surface area contributed by atoms with E-state index in [1.807, 2.05) is 0 Å². The van der Waals surface area contributed by atoms with Crippen molar-refractivity contribution in [1.82, 2.24) is 9.88 Å². The molecule has 1 aromatic heterocycles. The highest BCUT2D eigenvalue weighted by molar-refractivity contribution is 6.33. The van der Waals surface area contributed by atoms with E-state index in [0.29, 0.717) is 17.1 Å². The monoisotopic (exact) mass is 254 g/mol. The zero-order chi connectivity index (χ0) is 12.3. The number of hydrogen-bond donors (Lipinski definition) is 0. The smallest absolute Gasteiger partial charge is 0.255 e. The maximum atomic E-state index is 12.2. The molecule has 0 N–H and O–H groups in total. The van der Waals surface area contributed by atoms with Crippen molar-refractivity contribution >= 4 is 17.5 Å². The van der Waals surface area contributed by atoms with Crippen LogP contribution in [0.2, 0.25) is 5.02 Å². The van der Waals surface area contributed by atoms with Gasteiger partial charge in [0.25, 0.3) is 5.91 Å². The molecule has 1 aliphatic rings. The molecule has 1 atom stereocenters. The van der Waals surface area contributed by atoms with Crippen molar-refractivity contribution in [3.63, 3.8) is 0 Å². The number of nitrogens with zero attached hydrogens (tertiary/aromatic N) is 2. The van der Waals surface area contributed by atoms with Gasteiger partial charge >= 0.3 is 0 Å². The number of carbonyl (C=O) groups is 1. The summed E-state index contributed by atoms with van der Waals surface area (Å²) >= 11 is 5.97. The second-order valence-electron chi connectivity index (χ2n) is 4.11. The summed E-state index contributed by atoms with van der Waals surface area (Å²) in [5.41, 5.74) is 0.512. The van der Waals surface area contributed by atoms with Gasteiger partial charge in [-0.3, -0.25) is 9.78 Å². The molecule has 4 nitrogen and oxygen atoms in total. The van der Waals surface area contributed by atoms with Crippen LogP contribution in [0.15, 0.2) is 18.5 Å². The number of piperidine rings is 1. The standard InChI is InChI=1S/C12H15ClN2O2/c1-17-9-3-2-6-15(8-9)12(16)10-4-5-14-7-11(10)13/h4-5,7,9H,2-3,6,8H2,1H3. The lowest BCUT2D eigenvalue weighted by atomic mass is 10.1. The van der Waals surface area contributed by atoms with Gasteiger partial charge in [-0.1, -0.05) is 11.6 Å². The first kappa shape index (κ1) is 12.3. The van der Waals surface area contributed by atoms with Crippen molar-refractivity contribution in [1.29, 1.82) is 0 Å². The lowest BCUT2D eigenvalue weighted by molar-refractivity contribution is 0.0269. The van der Waals surface area contributed by atoms with Crippen LogP contribution in [0.4, 0.5) is 0 Å². The average molecular weight is 255 g/mol. The molecule has 1 amide bonds. The number of amides is 1. The molecule has 0 spiro atoms. The van der Waals surface area contributed by atoms with Crippen molar-refractivity contribution in [3.05, 3.63) is 29.0 Å². The minimum Gasteiger partial charge on any atom is -0.380 e. The van der Waals surface area contributed by atoms with Gasteiger partial charge in [0.15, 0.2) is 0 Å². The third-order valence-electron chi connectivity index (χ3n) is 3.00. The van der Waals surface area contributed by atoms with Gasteiger partial charge in [0.05, 0.1) is 16.7 Å². The predicted octanol–water partition coefficient (Wildman–Crippen LogP) is 1.99. The highest BCUT2D eigenvalue weighted by Gasteiger charge is 2.25. The van der Waals surface area contributed by atoms with E-state index in [4.69, 9.17) is 16.3 Å². The van der Waals surface area contributed by atoms with E-state index >= 15 is 0 Å². The summed E-state index contributed by atoms with van der Waals surface area (Å²) < 4.78 is 5.30. The molecule has 17 heavy (non-hydrogen) atoms. The molecule has 0 saturated carbocycles. The second-order valence-corrected chi connectivity index (χ2v) is 4.51. The summed E-state index contributed by atoms with van der Waals surface area (Å²) in [5.74, 6) is -0.0425. The normalized spacial score (nSPS) is 20.4. The minimum atomic E-state index is -0.0425. The molecule has 5 heteroatoms. The van der Waals surface area contributed by atoms with Gasteiger partial charge in [-0.15, -0.1) is 0 Å². The molecule has 0 aliphatic carbocycles. The molecule has 0 bridgehead atoms. The number of pyridine rings is 1. The number of likely N-dealkylation sites (tertiary alicyclic amines) is 1. The third kappa shape index (κ3) is 2.76. The van der Waals surface area contributed by atoms with E-state index in [9.17, 15) is 4.79 Å². The van der Waals surface area contributed by atoms with Crippen LogP contribution in [0.25, 0.3) is 0 Å². The fourth-order valence-corrected chi connectivity index (χ4v) is 2.23. The lowest BCUT2D eigenvalue weighted by Gasteiger charge is -2.32. The molecule has 1 aliphatic heterocycles. The van der Waals surface area contributed by atoms with Crippen molar-refractivity contribution in [2.24, 2.45) is 0 Å². The van der Waals surface area contributed by atoms with Crippen molar-refractivity contribution < 1.29 is 9.53 Å². The molecule has 92 valence electrons. The third-order valence-corrected chi connectivity index (χ3v) is 3.30. The first-order valence-corrected chi connectivity index (χ1v) is 6.01. The largest absolute Gasteiger partial charge is 0.380 e. The van der Waals surface area contributed by atoms with Crippen molar-refractivity contribution in [3.8, 4) is 0 Å². The van der Waals surface area contributed by atoms with E-state index in [0.717, 1.165) is 19.4 Å². The number of carbonyl (C=O) groups excluding carboxylic acids is 1. The number of aromatic nitrogens is 1. The van der Waals surface area contributed by atoms with Crippen LogP contribution in [0, 0.1) is 0 Å². The van der Waals surface area contributed by atoms with Crippen LogP contribution in [-0.4, -0.2) is 42.1 Å². The number of rotatable bonds is 2. The molecule has 1 fully saturated rings. The lowest BCUT2D eigenvalue weighted by Crippen LogP contribution is -2.43. The Balaban J connectivity index is 2.12. The maximum Gasteiger partial charge on any atom is 0.255 e. The molecule has 1 aromatic rings. The summed E-state index contributed by atoms with van der Waals surface area (Å²) in [6.45, 7) is 1.39. The molecular weight excluding hydrogens is 240 g/mol. The first-order valence-electron chi connectivity index (χ1n) is 5.64. The van der Waals surface area contributed by atoms with Crippen LogP contribution >= 0.6 is 11.6 Å². The Hall–Kier alpha value is -1.13. The SMILES string of the molecule is COC1CCCN(C(=O)c2ccncc2Cl)C1. The second kappa shape index (κ2) is 5.47. The molecular formula is C12H15ClN2O2. The van der Waals surface area contributed by atoms with Crippen LogP contribution in [0.3, 0.4) is 0 Å². The fourth-order valence-electron chi connectivity index (χ4n) is 2.03. The van der Waals surface area contributed by atoms with E-state index < -0.39 is 0 Å². The van der Waals surface area contributed by atoms with Gasteiger partial charge in [0.1, 0.15) is 0 Å². The Kier molecular flexibility index (Phi) is 3.97. The van der Waals surface area contributed by atoms with E-state index in [1.54, 1.807) is 24.3 Å². The molecule has 1 saturated heterocycles. The quantitative estimate of drug-likeness (QED) is 0.811. The minimum absolute atomic E-state index is 0.0425. The Labute approximate surface area is 106 Å². The van der Waals surface area contributed by atoms with Gasteiger partial charge in [-0.2, -0.15) is 0 Å². The summed E-state index contributed by atoms with van der Waals surface area (Å²) in [6.07, 6.45) is 5.18. The summed E-state index contributed by atoms with van der Waals surface area (Å²) in [6, 6.07) is 1.65. The molecule has 1 unspecified atom stereocenters. The predicted molar refractivity (Wildman–Crippen MR) is 65.2 cm³/mol. The van der Waals surface area contributed by atoms with Crippen LogP contribution < -0.4 is 0 Å². The van der Waals surface area contributed by atoms with Crippen molar-refractivity contribution in [2.45, 2.75) is 18.9 Å². The molecule has 0 aromatic carbocycles. The van der Waals surface area contributed by atoms with Gasteiger partial charge in [-0.25, -0.2) is 0 Å². The number of hydrogen-bond acceptors (Lipinski definition) is 3. The Morgan fingerprint density at radius 2 is 2.47 bits per heavy atom. The molecule has 2 heterocycles. The zero-order valence-corrected chi connectivity index (χ0v) is 10.5. The number of methoxy groups -OCH3 is 1. The highest BCUT2D eigenvalue weighted by Crippen LogP contribution is 2.19. The summed E-state index contributed by atoms with van der Waals surface area (Å²) in [7, 11) is 1.68. The van der Waals surface area contributed by atoms with Crippen LogP contribution in [0.5, 0.6) is 0 Å². The maximum absolute atomic E-state index is 12.2. The fraction of sp³-hybridized carbons (Fsp3) is 0.500. The van der Waals surface area contributed by atoms with E-state index in [1.165, 1.54) is 6.20 Å². The first-order chi connectivity index (χ1) is 8.22. The Morgan fingerprint density at radius 1 is 1.65 bits per heavy atom. The zero-order valence-electron chi connectivity index (χ0n) is 9.73. The van der Waals surface area contributed by atoms with E-state index in [-0.39, 0.29) is 12.0 Å². The molecule has 2 rings (SSSR count). The Bertz CT molecular complexity index is 411. The topological polar surface area (TPSA) is 42.4 Å². The summed E-state index contributed by atoms with van der Waals surface area (Å²) in [5, 5.41) is 0.400. The van der Waals surface area contributed by atoms with Gasteiger partial charge < -0.3 is 9.64 Å². The average Bonchev–Trinajstić information content (AvgIpc) is 2.38. The number of ether oxygens (including phenoxy) is 1. The van der Waals surface area contributed by atoms with Gasteiger partial charge in [-0.05, 0) is 18.9 Å². The van der Waals surface area contributed by atoms with E-state index in [2.05, 4.69) is 4.98 Å². The summed E-state index contributed by atoms with van der Waals surface area (Å²) in [4.78, 5) is 17.9. The van der Waals surface area contributed by atoms with Gasteiger partial charge in [0.2, 0.25) is 0 Å². The highest BCUT2D eigenvalue weighted by atomic mass is 35.5. The van der Waals surface area contributed by atoms with Crippen LogP contribution in [0.1, 0.15) is 23.2 Å².